The third-order valence-corrected chi connectivity index (χ3v) is 5.69. The third-order valence-electron chi connectivity index (χ3n) is 5.44. The second-order valence-corrected chi connectivity index (χ2v) is 9.65. The summed E-state index contributed by atoms with van der Waals surface area (Å²) in [4.78, 5) is 32.1. The Morgan fingerprint density at radius 1 is 1.03 bits per heavy atom. The SMILES string of the molecule is COc1cc(OC)cc(-n2cc(-c3ccc(Cl)cc3)nc2NC(=O)CN(CC(C)C)C(=O)C(C)C)c1. The highest BCUT2D eigenvalue weighted by Crippen LogP contribution is 2.30. The van der Waals surface area contributed by atoms with Gasteiger partial charge >= 0.3 is 0 Å². The van der Waals surface area contributed by atoms with Crippen molar-refractivity contribution in [2.45, 2.75) is 27.7 Å². The maximum Gasteiger partial charge on any atom is 0.246 e. The lowest BCUT2D eigenvalue weighted by Crippen LogP contribution is -2.42. The van der Waals surface area contributed by atoms with Crippen molar-refractivity contribution in [1.29, 1.82) is 0 Å². The van der Waals surface area contributed by atoms with Gasteiger partial charge in [-0.25, -0.2) is 4.98 Å². The van der Waals surface area contributed by atoms with Gasteiger partial charge < -0.3 is 14.4 Å². The van der Waals surface area contributed by atoms with E-state index in [-0.39, 0.29) is 30.2 Å². The van der Waals surface area contributed by atoms with E-state index in [0.29, 0.717) is 40.4 Å². The molecule has 0 fully saturated rings. The van der Waals surface area contributed by atoms with E-state index in [2.05, 4.69) is 10.3 Å². The van der Waals surface area contributed by atoms with Gasteiger partial charge in [-0.3, -0.25) is 19.5 Å². The minimum Gasteiger partial charge on any atom is -0.497 e. The molecule has 0 saturated carbocycles. The van der Waals surface area contributed by atoms with Crippen LogP contribution in [0.25, 0.3) is 16.9 Å². The molecule has 2 aromatic carbocycles. The highest BCUT2D eigenvalue weighted by molar-refractivity contribution is 6.30. The van der Waals surface area contributed by atoms with Gasteiger partial charge in [-0.05, 0) is 18.1 Å². The third kappa shape index (κ3) is 6.79. The molecular formula is C27H33ClN4O4. The maximum absolute atomic E-state index is 13.1. The number of halogens is 1. The van der Waals surface area contributed by atoms with Crippen LogP contribution in [0, 0.1) is 11.8 Å². The molecule has 0 saturated heterocycles. The fraction of sp³-hybridized carbons (Fsp3) is 0.370. The molecule has 0 unspecified atom stereocenters. The molecule has 9 heteroatoms. The molecule has 1 heterocycles. The number of ether oxygens (including phenoxy) is 2. The number of carbonyl (C=O) groups is 2. The zero-order valence-corrected chi connectivity index (χ0v) is 22.3. The molecule has 1 N–H and O–H groups in total. The summed E-state index contributed by atoms with van der Waals surface area (Å²) in [5, 5.41) is 3.51. The van der Waals surface area contributed by atoms with Crippen molar-refractivity contribution >= 4 is 29.4 Å². The predicted molar refractivity (Wildman–Crippen MR) is 142 cm³/mol. The Morgan fingerprint density at radius 3 is 2.17 bits per heavy atom. The average Bonchev–Trinajstić information content (AvgIpc) is 3.26. The van der Waals surface area contributed by atoms with Crippen LogP contribution in [0.1, 0.15) is 27.7 Å². The smallest absolute Gasteiger partial charge is 0.246 e. The highest BCUT2D eigenvalue weighted by atomic mass is 35.5. The van der Waals surface area contributed by atoms with E-state index >= 15 is 0 Å². The van der Waals surface area contributed by atoms with E-state index in [1.54, 1.807) is 41.9 Å². The summed E-state index contributed by atoms with van der Waals surface area (Å²) in [6.07, 6.45) is 1.82. The molecule has 3 rings (SSSR count). The van der Waals surface area contributed by atoms with Crippen LogP contribution in [0.2, 0.25) is 5.02 Å². The summed E-state index contributed by atoms with van der Waals surface area (Å²) in [6.45, 7) is 8.10. The molecule has 0 aliphatic heterocycles. The second kappa shape index (κ2) is 11.9. The summed E-state index contributed by atoms with van der Waals surface area (Å²) in [5.41, 5.74) is 2.16. The monoisotopic (exact) mass is 512 g/mol. The Balaban J connectivity index is 2.00. The minimum absolute atomic E-state index is 0.0680. The van der Waals surface area contributed by atoms with Crippen molar-refractivity contribution in [3.8, 4) is 28.4 Å². The molecule has 0 atom stereocenters. The molecule has 8 nitrogen and oxygen atoms in total. The quantitative estimate of drug-likeness (QED) is 0.399. The van der Waals surface area contributed by atoms with Crippen LogP contribution < -0.4 is 14.8 Å². The number of anilines is 1. The van der Waals surface area contributed by atoms with Gasteiger partial charge in [-0.1, -0.05) is 51.4 Å². The van der Waals surface area contributed by atoms with Gasteiger partial charge in [0.05, 0.1) is 32.1 Å². The van der Waals surface area contributed by atoms with Gasteiger partial charge in [-0.2, -0.15) is 0 Å². The molecule has 0 aliphatic carbocycles. The Morgan fingerprint density at radius 2 is 1.64 bits per heavy atom. The number of hydrogen-bond donors (Lipinski definition) is 1. The fourth-order valence-corrected chi connectivity index (χ4v) is 3.86. The van der Waals surface area contributed by atoms with Crippen molar-refractivity contribution < 1.29 is 19.1 Å². The molecule has 36 heavy (non-hydrogen) atoms. The molecule has 0 bridgehead atoms. The van der Waals surface area contributed by atoms with Crippen LogP contribution in [0.15, 0.2) is 48.7 Å². The Bertz CT molecular complexity index is 1180. The van der Waals surface area contributed by atoms with E-state index in [1.165, 1.54) is 0 Å². The zero-order valence-electron chi connectivity index (χ0n) is 21.5. The van der Waals surface area contributed by atoms with Crippen molar-refractivity contribution in [3.05, 3.63) is 53.7 Å². The van der Waals surface area contributed by atoms with E-state index < -0.39 is 0 Å². The van der Waals surface area contributed by atoms with E-state index in [0.717, 1.165) is 5.56 Å². The number of nitrogens with zero attached hydrogens (tertiary/aromatic N) is 3. The van der Waals surface area contributed by atoms with Crippen molar-refractivity contribution in [2.24, 2.45) is 11.8 Å². The Hall–Kier alpha value is -3.52. The molecule has 0 aliphatic rings. The highest BCUT2D eigenvalue weighted by Gasteiger charge is 2.22. The molecule has 3 aromatic rings. The first-order chi connectivity index (χ1) is 17.1. The lowest BCUT2D eigenvalue weighted by atomic mass is 10.1. The van der Waals surface area contributed by atoms with Crippen LogP contribution in [-0.4, -0.2) is 53.6 Å². The van der Waals surface area contributed by atoms with Crippen molar-refractivity contribution in [3.63, 3.8) is 0 Å². The Labute approximate surface area is 217 Å². The van der Waals surface area contributed by atoms with Gasteiger partial charge in [0.1, 0.15) is 11.5 Å². The molecule has 2 amide bonds. The fourth-order valence-electron chi connectivity index (χ4n) is 3.73. The number of amides is 2. The largest absolute Gasteiger partial charge is 0.497 e. The van der Waals surface area contributed by atoms with Gasteiger partial charge in [0.25, 0.3) is 0 Å². The number of hydrogen-bond acceptors (Lipinski definition) is 5. The molecule has 192 valence electrons. The summed E-state index contributed by atoms with van der Waals surface area (Å²) in [6, 6.07) is 12.7. The standard InChI is InChI=1S/C27H33ClN4O4/c1-17(2)14-31(26(34)18(3)4)16-25(33)30-27-29-24(19-7-9-20(28)10-8-19)15-32(27)21-11-22(35-5)13-23(12-21)36-6/h7-13,15,17-18H,14,16H2,1-6H3,(H,29,30,33). The summed E-state index contributed by atoms with van der Waals surface area (Å²) in [7, 11) is 3.15. The number of carbonyl (C=O) groups excluding carboxylic acids is 2. The van der Waals surface area contributed by atoms with Crippen LogP contribution in [0.5, 0.6) is 11.5 Å². The summed E-state index contributed by atoms with van der Waals surface area (Å²) < 4.78 is 12.6. The van der Waals surface area contributed by atoms with Gasteiger partial charge in [-0.15, -0.1) is 0 Å². The predicted octanol–water partition coefficient (Wildman–Crippen LogP) is 5.29. The number of aromatic nitrogens is 2. The molecular weight excluding hydrogens is 480 g/mol. The van der Waals surface area contributed by atoms with Gasteiger partial charge in [0.2, 0.25) is 17.8 Å². The molecule has 0 spiro atoms. The summed E-state index contributed by atoms with van der Waals surface area (Å²) in [5.74, 6) is 1.10. The summed E-state index contributed by atoms with van der Waals surface area (Å²) >= 11 is 6.06. The Kier molecular flexibility index (Phi) is 8.98. The van der Waals surface area contributed by atoms with Crippen molar-refractivity contribution in [1.82, 2.24) is 14.5 Å². The molecule has 1 aromatic heterocycles. The second-order valence-electron chi connectivity index (χ2n) is 9.21. The lowest BCUT2D eigenvalue weighted by molar-refractivity contribution is -0.138. The first-order valence-electron chi connectivity index (χ1n) is 11.8. The normalized spacial score (nSPS) is 11.0. The number of methoxy groups -OCH3 is 2. The first-order valence-corrected chi connectivity index (χ1v) is 12.2. The van der Waals surface area contributed by atoms with E-state index in [1.807, 2.05) is 58.2 Å². The maximum atomic E-state index is 13.1. The average molecular weight is 513 g/mol. The van der Waals surface area contributed by atoms with Crippen LogP contribution in [0.3, 0.4) is 0 Å². The van der Waals surface area contributed by atoms with Gasteiger partial charge in [0.15, 0.2) is 0 Å². The van der Waals surface area contributed by atoms with E-state index in [9.17, 15) is 9.59 Å². The van der Waals surface area contributed by atoms with Crippen LogP contribution in [0.4, 0.5) is 5.95 Å². The van der Waals surface area contributed by atoms with Crippen molar-refractivity contribution in [2.75, 3.05) is 32.6 Å². The number of benzene rings is 2. The lowest BCUT2D eigenvalue weighted by Gasteiger charge is -2.25. The van der Waals surface area contributed by atoms with E-state index in [4.69, 9.17) is 21.1 Å². The first kappa shape index (κ1) is 27.1. The minimum atomic E-state index is -0.339. The zero-order chi connectivity index (χ0) is 26.4. The molecule has 0 radical (unpaired) electrons. The van der Waals surface area contributed by atoms with Crippen LogP contribution >= 0.6 is 11.6 Å². The number of imidazole rings is 1. The number of nitrogens with one attached hydrogen (secondary N) is 1. The van der Waals surface area contributed by atoms with Gasteiger partial charge in [0, 0.05) is 47.4 Å². The topological polar surface area (TPSA) is 85.7 Å². The van der Waals surface area contributed by atoms with Crippen LogP contribution in [-0.2, 0) is 9.59 Å². The number of rotatable bonds is 10.